The van der Waals surface area contributed by atoms with Crippen molar-refractivity contribution < 1.29 is 26.7 Å². The zero-order valence-electron chi connectivity index (χ0n) is 12.5. The first-order valence-corrected chi connectivity index (χ1v) is 7.65. The van der Waals surface area contributed by atoms with Crippen LogP contribution in [0.3, 0.4) is 0 Å². The van der Waals surface area contributed by atoms with E-state index in [1.54, 1.807) is 19.1 Å². The van der Waals surface area contributed by atoms with Gasteiger partial charge in [-0.3, -0.25) is 0 Å². The van der Waals surface area contributed by atoms with Crippen molar-refractivity contribution in [3.63, 3.8) is 0 Å². The Kier molecular flexibility index (Phi) is 4.79. The van der Waals surface area contributed by atoms with Crippen molar-refractivity contribution in [2.75, 3.05) is 0 Å². The summed E-state index contributed by atoms with van der Waals surface area (Å²) in [6, 6.07) is 5.36. The second-order valence-electron chi connectivity index (χ2n) is 4.48. The number of halogens is 5. The second kappa shape index (κ2) is 6.31. The third kappa shape index (κ3) is 3.24. The SMILES string of the molecule is CC.Cc1ccc2c(sc3c(F)c(OC(F)(F)F)ccc32)c1F. The lowest BCUT2D eigenvalue weighted by Crippen LogP contribution is -2.17. The molecule has 0 fully saturated rings. The topological polar surface area (TPSA) is 9.23 Å². The maximum Gasteiger partial charge on any atom is 0.573 e. The molecule has 0 radical (unpaired) electrons. The van der Waals surface area contributed by atoms with Crippen molar-refractivity contribution in [1.82, 2.24) is 0 Å². The fourth-order valence-corrected chi connectivity index (χ4v) is 3.34. The van der Waals surface area contributed by atoms with E-state index in [0.717, 1.165) is 17.4 Å². The first-order valence-electron chi connectivity index (χ1n) is 6.83. The quantitative estimate of drug-likeness (QED) is 0.452. The summed E-state index contributed by atoms with van der Waals surface area (Å²) >= 11 is 0.772. The van der Waals surface area contributed by atoms with Gasteiger partial charge in [0.15, 0.2) is 11.6 Å². The summed E-state index contributed by atoms with van der Waals surface area (Å²) in [5.41, 5.74) is 0.390. The number of benzene rings is 2. The highest BCUT2D eigenvalue weighted by molar-refractivity contribution is 7.25. The Bertz CT molecular complexity index is 851. The van der Waals surface area contributed by atoms with Crippen LogP contribution in [0.5, 0.6) is 5.75 Å². The van der Waals surface area contributed by atoms with Crippen LogP contribution < -0.4 is 4.74 Å². The van der Waals surface area contributed by atoms with E-state index in [1.807, 2.05) is 13.8 Å². The Labute approximate surface area is 133 Å². The summed E-state index contributed by atoms with van der Waals surface area (Å²) in [5.74, 6) is -2.55. The average molecular weight is 348 g/mol. The molecule has 0 aliphatic carbocycles. The van der Waals surface area contributed by atoms with Gasteiger partial charge in [-0.15, -0.1) is 24.5 Å². The molecule has 0 spiro atoms. The number of fused-ring (bicyclic) bond motifs is 3. The van der Waals surface area contributed by atoms with E-state index in [-0.39, 0.29) is 9.40 Å². The van der Waals surface area contributed by atoms with E-state index in [0.29, 0.717) is 16.3 Å². The number of rotatable bonds is 1. The summed E-state index contributed by atoms with van der Waals surface area (Å²) in [6.07, 6.45) is -4.98. The molecule has 7 heteroatoms. The molecule has 1 aromatic heterocycles. The van der Waals surface area contributed by atoms with E-state index in [1.165, 1.54) is 6.07 Å². The van der Waals surface area contributed by atoms with Gasteiger partial charge in [0.05, 0.1) is 9.40 Å². The van der Waals surface area contributed by atoms with Gasteiger partial charge < -0.3 is 4.74 Å². The average Bonchev–Trinajstić information content (AvgIpc) is 2.87. The van der Waals surface area contributed by atoms with Crippen molar-refractivity contribution in [2.24, 2.45) is 0 Å². The minimum absolute atomic E-state index is 0.0590. The molecular formula is C16H13F5OS. The van der Waals surface area contributed by atoms with E-state index in [2.05, 4.69) is 4.74 Å². The molecule has 2 aromatic carbocycles. The van der Waals surface area contributed by atoms with Crippen LogP contribution in [0.4, 0.5) is 22.0 Å². The second-order valence-corrected chi connectivity index (χ2v) is 5.50. The van der Waals surface area contributed by atoms with E-state index >= 15 is 0 Å². The van der Waals surface area contributed by atoms with Crippen LogP contribution in [0.25, 0.3) is 20.2 Å². The van der Waals surface area contributed by atoms with Gasteiger partial charge in [0.1, 0.15) is 5.82 Å². The van der Waals surface area contributed by atoms with Gasteiger partial charge in [0.2, 0.25) is 0 Å². The fraction of sp³-hybridized carbons (Fsp3) is 0.250. The van der Waals surface area contributed by atoms with Gasteiger partial charge >= 0.3 is 6.36 Å². The lowest BCUT2D eigenvalue weighted by Gasteiger charge is -2.09. The van der Waals surface area contributed by atoms with Gasteiger partial charge in [-0.1, -0.05) is 26.0 Å². The molecule has 3 aromatic rings. The van der Waals surface area contributed by atoms with Crippen LogP contribution >= 0.6 is 11.3 Å². The molecule has 0 saturated carbocycles. The summed E-state index contributed by atoms with van der Waals surface area (Å²) < 4.78 is 68.5. The van der Waals surface area contributed by atoms with Crippen molar-refractivity contribution in [3.8, 4) is 5.75 Å². The highest BCUT2D eigenvalue weighted by Gasteiger charge is 2.33. The summed E-state index contributed by atoms with van der Waals surface area (Å²) in [4.78, 5) is 0. The number of aryl methyl sites for hydroxylation is 1. The van der Waals surface area contributed by atoms with E-state index < -0.39 is 23.7 Å². The van der Waals surface area contributed by atoms with Gasteiger partial charge in [0.25, 0.3) is 0 Å². The third-order valence-corrected chi connectivity index (χ3v) is 4.28. The first kappa shape index (κ1) is 17.5. The summed E-state index contributed by atoms with van der Waals surface area (Å²) in [6.45, 7) is 5.56. The number of hydrogen-bond donors (Lipinski definition) is 0. The first-order chi connectivity index (χ1) is 10.8. The lowest BCUT2D eigenvalue weighted by molar-refractivity contribution is -0.275. The normalized spacial score (nSPS) is 11.5. The smallest absolute Gasteiger partial charge is 0.403 e. The predicted octanol–water partition coefficient (Wildman–Crippen LogP) is 6.57. The highest BCUT2D eigenvalue weighted by Crippen LogP contribution is 2.41. The van der Waals surface area contributed by atoms with Crippen LogP contribution in [-0.2, 0) is 0 Å². The molecule has 0 aliphatic rings. The van der Waals surface area contributed by atoms with Crippen molar-refractivity contribution >= 4 is 31.5 Å². The van der Waals surface area contributed by atoms with Crippen LogP contribution in [0.15, 0.2) is 24.3 Å². The van der Waals surface area contributed by atoms with Gasteiger partial charge in [0, 0.05) is 10.8 Å². The molecule has 0 aliphatic heterocycles. The van der Waals surface area contributed by atoms with Crippen LogP contribution in [0, 0.1) is 18.6 Å². The molecule has 3 rings (SSSR count). The molecular weight excluding hydrogens is 335 g/mol. The molecule has 0 unspecified atom stereocenters. The van der Waals surface area contributed by atoms with E-state index in [4.69, 9.17) is 0 Å². The maximum absolute atomic E-state index is 14.1. The molecule has 124 valence electrons. The van der Waals surface area contributed by atoms with Crippen LogP contribution in [-0.4, -0.2) is 6.36 Å². The summed E-state index contributed by atoms with van der Waals surface area (Å²) in [5, 5.41) is 0.830. The predicted molar refractivity (Wildman–Crippen MR) is 82.0 cm³/mol. The number of thiophene rings is 1. The number of ether oxygens (including phenoxy) is 1. The van der Waals surface area contributed by atoms with Crippen molar-refractivity contribution in [1.29, 1.82) is 0 Å². The third-order valence-electron chi connectivity index (χ3n) is 3.07. The van der Waals surface area contributed by atoms with Crippen molar-refractivity contribution in [2.45, 2.75) is 27.1 Å². The molecule has 0 atom stereocenters. The van der Waals surface area contributed by atoms with Crippen LogP contribution in [0.1, 0.15) is 19.4 Å². The Morgan fingerprint density at radius 3 is 1.96 bits per heavy atom. The van der Waals surface area contributed by atoms with Gasteiger partial charge in [-0.05, 0) is 24.6 Å². The maximum atomic E-state index is 14.1. The Morgan fingerprint density at radius 1 is 0.870 bits per heavy atom. The Morgan fingerprint density at radius 2 is 1.39 bits per heavy atom. The molecule has 23 heavy (non-hydrogen) atoms. The lowest BCUT2D eigenvalue weighted by atomic mass is 10.1. The molecule has 0 N–H and O–H groups in total. The Hall–Kier alpha value is -1.89. The fourth-order valence-electron chi connectivity index (χ4n) is 2.12. The molecule has 0 amide bonds. The molecule has 1 heterocycles. The van der Waals surface area contributed by atoms with Gasteiger partial charge in [-0.25, -0.2) is 8.78 Å². The summed E-state index contributed by atoms with van der Waals surface area (Å²) in [7, 11) is 0. The van der Waals surface area contributed by atoms with Crippen LogP contribution in [0.2, 0.25) is 0 Å². The van der Waals surface area contributed by atoms with E-state index in [9.17, 15) is 22.0 Å². The molecule has 0 bridgehead atoms. The van der Waals surface area contributed by atoms with Crippen molar-refractivity contribution in [3.05, 3.63) is 41.5 Å². The minimum Gasteiger partial charge on any atom is -0.403 e. The minimum atomic E-state index is -4.98. The number of hydrogen-bond acceptors (Lipinski definition) is 2. The molecule has 1 nitrogen and oxygen atoms in total. The molecule has 0 saturated heterocycles. The number of alkyl halides is 3. The monoisotopic (exact) mass is 348 g/mol. The van der Waals surface area contributed by atoms with Gasteiger partial charge in [-0.2, -0.15) is 0 Å². The standard InChI is InChI=1S/C14H7F5OS.C2H6/c1-6-2-3-7-8-4-5-9(20-14(17,18)19)11(16)13(8)21-12(7)10(6)15;1-2/h2-5H,1H3;1-2H3. The zero-order valence-corrected chi connectivity index (χ0v) is 13.3. The Balaban J connectivity index is 0.000000924. The highest BCUT2D eigenvalue weighted by atomic mass is 32.1. The largest absolute Gasteiger partial charge is 0.573 e. The zero-order chi connectivity index (χ0) is 17.4.